The van der Waals surface area contributed by atoms with E-state index in [4.69, 9.17) is 5.11 Å². The molecule has 0 saturated heterocycles. The van der Waals surface area contributed by atoms with Gasteiger partial charge in [0.2, 0.25) is 0 Å². The van der Waals surface area contributed by atoms with Crippen LogP contribution in [0.15, 0.2) is 24.3 Å². The van der Waals surface area contributed by atoms with Gasteiger partial charge in [0.1, 0.15) is 0 Å². The van der Waals surface area contributed by atoms with Crippen molar-refractivity contribution < 1.29 is 5.11 Å². The second-order valence-corrected chi connectivity index (χ2v) is 4.73. The van der Waals surface area contributed by atoms with Gasteiger partial charge in [-0.05, 0) is 31.7 Å². The molecule has 1 aliphatic carbocycles. The minimum Gasteiger partial charge on any atom is -0.395 e. The van der Waals surface area contributed by atoms with Gasteiger partial charge in [-0.2, -0.15) is 0 Å². The molecule has 0 heterocycles. The molecule has 1 saturated carbocycles. The molecule has 2 rings (SSSR count). The van der Waals surface area contributed by atoms with Crippen molar-refractivity contribution in [2.24, 2.45) is 0 Å². The standard InChI is InChI=1S/C14H21NO/c1-12-2-4-13(5-3-12)8-9-15(10-11-16)14-6-7-14/h2-5,14,16H,6-11H2,1H3. The minimum absolute atomic E-state index is 0.282. The number of rotatable bonds is 6. The summed E-state index contributed by atoms with van der Waals surface area (Å²) >= 11 is 0. The van der Waals surface area contributed by atoms with E-state index in [2.05, 4.69) is 36.1 Å². The third kappa shape index (κ3) is 3.32. The van der Waals surface area contributed by atoms with Crippen LogP contribution >= 0.6 is 0 Å². The number of hydrogen-bond donors (Lipinski definition) is 1. The maximum absolute atomic E-state index is 9.01. The predicted octanol–water partition coefficient (Wildman–Crippen LogP) is 1.99. The van der Waals surface area contributed by atoms with E-state index in [-0.39, 0.29) is 6.61 Å². The summed E-state index contributed by atoms with van der Waals surface area (Å²) in [5.41, 5.74) is 2.72. The predicted molar refractivity (Wildman–Crippen MR) is 66.6 cm³/mol. The lowest BCUT2D eigenvalue weighted by Crippen LogP contribution is -2.31. The van der Waals surface area contributed by atoms with Crippen molar-refractivity contribution in [3.05, 3.63) is 35.4 Å². The van der Waals surface area contributed by atoms with Crippen LogP contribution in [0.25, 0.3) is 0 Å². The van der Waals surface area contributed by atoms with Gasteiger partial charge < -0.3 is 5.11 Å². The van der Waals surface area contributed by atoms with Crippen LogP contribution < -0.4 is 0 Å². The first-order chi connectivity index (χ1) is 7.79. The van der Waals surface area contributed by atoms with Crippen molar-refractivity contribution in [1.29, 1.82) is 0 Å². The fourth-order valence-electron chi connectivity index (χ4n) is 2.07. The van der Waals surface area contributed by atoms with E-state index in [9.17, 15) is 0 Å². The van der Waals surface area contributed by atoms with Crippen LogP contribution in [0.1, 0.15) is 24.0 Å². The average molecular weight is 219 g/mol. The van der Waals surface area contributed by atoms with Crippen LogP contribution in [-0.2, 0) is 6.42 Å². The molecule has 0 radical (unpaired) electrons. The van der Waals surface area contributed by atoms with E-state index < -0.39 is 0 Å². The van der Waals surface area contributed by atoms with Crippen LogP contribution in [-0.4, -0.2) is 35.7 Å². The summed E-state index contributed by atoms with van der Waals surface area (Å²) in [6, 6.07) is 9.50. The molecule has 16 heavy (non-hydrogen) atoms. The molecule has 0 amide bonds. The van der Waals surface area contributed by atoms with Crippen molar-refractivity contribution in [3.8, 4) is 0 Å². The van der Waals surface area contributed by atoms with Crippen LogP contribution in [0.5, 0.6) is 0 Å². The van der Waals surface area contributed by atoms with Gasteiger partial charge in [0.25, 0.3) is 0 Å². The number of aliphatic hydroxyl groups is 1. The van der Waals surface area contributed by atoms with Crippen LogP contribution in [0, 0.1) is 6.92 Å². The van der Waals surface area contributed by atoms with Crippen molar-refractivity contribution in [1.82, 2.24) is 4.90 Å². The Morgan fingerprint density at radius 1 is 1.19 bits per heavy atom. The zero-order valence-corrected chi connectivity index (χ0v) is 10.0. The highest BCUT2D eigenvalue weighted by atomic mass is 16.3. The molecule has 0 bridgehead atoms. The highest BCUT2D eigenvalue weighted by Gasteiger charge is 2.27. The highest BCUT2D eigenvalue weighted by molar-refractivity contribution is 5.21. The van der Waals surface area contributed by atoms with E-state index in [1.54, 1.807) is 0 Å². The Morgan fingerprint density at radius 2 is 1.88 bits per heavy atom. The number of aliphatic hydroxyl groups excluding tert-OH is 1. The molecule has 1 aromatic rings. The molecule has 0 aliphatic heterocycles. The molecule has 0 spiro atoms. The van der Waals surface area contributed by atoms with Gasteiger partial charge in [-0.3, -0.25) is 4.90 Å². The van der Waals surface area contributed by atoms with E-state index in [1.165, 1.54) is 24.0 Å². The Labute approximate surface area is 97.9 Å². The molecule has 0 unspecified atom stereocenters. The molecule has 0 atom stereocenters. The summed E-state index contributed by atoms with van der Waals surface area (Å²) in [5.74, 6) is 0. The minimum atomic E-state index is 0.282. The Balaban J connectivity index is 1.82. The fourth-order valence-corrected chi connectivity index (χ4v) is 2.07. The summed E-state index contributed by atoms with van der Waals surface area (Å²) in [5, 5.41) is 9.01. The molecule has 88 valence electrons. The van der Waals surface area contributed by atoms with Crippen molar-refractivity contribution >= 4 is 0 Å². The van der Waals surface area contributed by atoms with E-state index in [0.717, 1.165) is 25.6 Å². The SMILES string of the molecule is Cc1ccc(CCN(CCO)C2CC2)cc1. The summed E-state index contributed by atoms with van der Waals surface area (Å²) in [4.78, 5) is 2.42. The quantitative estimate of drug-likeness (QED) is 0.791. The first kappa shape index (κ1) is 11.6. The molecule has 1 fully saturated rings. The zero-order valence-electron chi connectivity index (χ0n) is 10.0. The summed E-state index contributed by atoms with van der Waals surface area (Å²) in [6.07, 6.45) is 3.72. The van der Waals surface area contributed by atoms with Crippen LogP contribution in [0.3, 0.4) is 0 Å². The van der Waals surface area contributed by atoms with E-state index in [1.807, 2.05) is 0 Å². The van der Waals surface area contributed by atoms with Crippen molar-refractivity contribution in [3.63, 3.8) is 0 Å². The fraction of sp³-hybridized carbons (Fsp3) is 0.571. The molecular weight excluding hydrogens is 198 g/mol. The maximum Gasteiger partial charge on any atom is 0.0558 e. The molecule has 1 aliphatic rings. The smallest absolute Gasteiger partial charge is 0.0558 e. The Morgan fingerprint density at radius 3 is 2.44 bits per heavy atom. The van der Waals surface area contributed by atoms with Gasteiger partial charge in [0.15, 0.2) is 0 Å². The number of benzene rings is 1. The largest absolute Gasteiger partial charge is 0.395 e. The summed E-state index contributed by atoms with van der Waals surface area (Å²) in [6.45, 7) is 4.31. The molecule has 1 N–H and O–H groups in total. The van der Waals surface area contributed by atoms with E-state index >= 15 is 0 Å². The molecular formula is C14H21NO. The second-order valence-electron chi connectivity index (χ2n) is 4.73. The normalized spacial score (nSPS) is 15.7. The Kier molecular flexibility index (Phi) is 3.97. The molecule has 1 aromatic carbocycles. The number of hydrogen-bond acceptors (Lipinski definition) is 2. The van der Waals surface area contributed by atoms with Crippen molar-refractivity contribution in [2.45, 2.75) is 32.2 Å². The highest BCUT2D eigenvalue weighted by Crippen LogP contribution is 2.26. The number of nitrogens with zero attached hydrogens (tertiary/aromatic N) is 1. The zero-order chi connectivity index (χ0) is 11.4. The Bertz CT molecular complexity index is 316. The first-order valence-corrected chi connectivity index (χ1v) is 6.20. The van der Waals surface area contributed by atoms with Gasteiger partial charge >= 0.3 is 0 Å². The van der Waals surface area contributed by atoms with E-state index in [0.29, 0.717) is 0 Å². The third-order valence-corrected chi connectivity index (χ3v) is 3.26. The van der Waals surface area contributed by atoms with Gasteiger partial charge in [-0.15, -0.1) is 0 Å². The van der Waals surface area contributed by atoms with Gasteiger partial charge in [0.05, 0.1) is 6.61 Å². The lowest BCUT2D eigenvalue weighted by molar-refractivity contribution is 0.190. The average Bonchev–Trinajstić information content (AvgIpc) is 3.10. The van der Waals surface area contributed by atoms with Crippen LogP contribution in [0.2, 0.25) is 0 Å². The first-order valence-electron chi connectivity index (χ1n) is 6.20. The van der Waals surface area contributed by atoms with Gasteiger partial charge in [-0.1, -0.05) is 29.8 Å². The Hall–Kier alpha value is -0.860. The monoisotopic (exact) mass is 219 g/mol. The molecule has 0 aromatic heterocycles. The lowest BCUT2D eigenvalue weighted by atomic mass is 10.1. The molecule has 2 heteroatoms. The van der Waals surface area contributed by atoms with Gasteiger partial charge in [0, 0.05) is 19.1 Å². The summed E-state index contributed by atoms with van der Waals surface area (Å²) in [7, 11) is 0. The van der Waals surface area contributed by atoms with Crippen molar-refractivity contribution in [2.75, 3.05) is 19.7 Å². The second kappa shape index (κ2) is 5.46. The maximum atomic E-state index is 9.01. The third-order valence-electron chi connectivity index (χ3n) is 3.26. The number of aryl methyl sites for hydroxylation is 1. The van der Waals surface area contributed by atoms with Gasteiger partial charge in [-0.25, -0.2) is 0 Å². The summed E-state index contributed by atoms with van der Waals surface area (Å²) < 4.78 is 0. The van der Waals surface area contributed by atoms with Crippen LogP contribution in [0.4, 0.5) is 0 Å². The lowest BCUT2D eigenvalue weighted by Gasteiger charge is -2.20. The topological polar surface area (TPSA) is 23.5 Å². The molecule has 2 nitrogen and oxygen atoms in total.